The van der Waals surface area contributed by atoms with Crippen molar-refractivity contribution in [3.05, 3.63) is 12.2 Å². The molecule has 0 spiro atoms. The summed E-state index contributed by atoms with van der Waals surface area (Å²) in [7, 11) is -2.37. The molecular weight excluding hydrogens is 547 g/mol. The monoisotopic (exact) mass is 615 g/mol. The minimum Gasteiger partial charge on any atom is -0.334 e. The predicted octanol–water partition coefficient (Wildman–Crippen LogP) is 11.2. The molecule has 0 saturated heterocycles. The quantitative estimate of drug-likeness (QED) is 0.0316. The molecule has 0 heterocycles. The van der Waals surface area contributed by atoms with Gasteiger partial charge in [-0.25, -0.2) is 4.79 Å². The molecule has 0 N–H and O–H groups in total. The van der Waals surface area contributed by atoms with Gasteiger partial charge in [0.2, 0.25) is 0 Å². The van der Waals surface area contributed by atoms with Crippen molar-refractivity contribution in [3.63, 3.8) is 0 Å². The molecule has 0 aliphatic heterocycles. The molecule has 0 aromatic carbocycles. The molecule has 0 rings (SSSR count). The number of hydrogen-bond donors (Lipinski definition) is 0. The van der Waals surface area contributed by atoms with Crippen LogP contribution in [0, 0.1) is 0 Å². The molecule has 0 aromatic heterocycles. The normalized spacial score (nSPS) is 12.9. The lowest BCUT2D eigenvalue weighted by Crippen LogP contribution is -2.43. The zero-order chi connectivity index (χ0) is 31.3. The van der Waals surface area contributed by atoms with Crippen LogP contribution in [0.4, 0.5) is 0 Å². The molecule has 0 aromatic rings. The summed E-state index contributed by atoms with van der Waals surface area (Å²) in [4.78, 5) is 12.8. The lowest BCUT2D eigenvalue weighted by atomic mass is 10.1. The van der Waals surface area contributed by atoms with Gasteiger partial charge in [0, 0.05) is 5.57 Å². The molecule has 0 amide bonds. The molecule has 0 bridgehead atoms. The van der Waals surface area contributed by atoms with Gasteiger partial charge in [-0.1, -0.05) is 142 Å². The van der Waals surface area contributed by atoms with Crippen molar-refractivity contribution >= 4 is 13.3 Å². The van der Waals surface area contributed by atoms with Crippen LogP contribution < -0.4 is 0 Å². The second-order valence-electron chi connectivity index (χ2n) is 11.8. The topological polar surface area (TPSA) is 71.1 Å². The average molecular weight is 616 g/mol. The second kappa shape index (κ2) is 29.1. The Morgan fingerprint density at radius 2 is 0.929 bits per heavy atom. The van der Waals surface area contributed by atoms with Crippen LogP contribution in [0.2, 0.25) is 0 Å². The number of allylic oxidation sites excluding steroid dienone is 1. The third-order valence-electron chi connectivity index (χ3n) is 7.52. The van der Waals surface area contributed by atoms with Gasteiger partial charge >= 0.3 is 13.3 Å². The van der Waals surface area contributed by atoms with Crippen molar-refractivity contribution in [1.29, 1.82) is 0 Å². The highest BCUT2D eigenvalue weighted by Crippen LogP contribution is 2.40. The van der Waals surface area contributed by atoms with E-state index >= 15 is 0 Å². The number of carbonyl (C=O) groups excluding carboxylic acids is 1. The largest absolute Gasteiger partial charge is 0.451 e. The van der Waals surface area contributed by atoms with Gasteiger partial charge in [0.25, 0.3) is 11.8 Å². The first-order chi connectivity index (χ1) is 20.4. The lowest BCUT2D eigenvalue weighted by molar-refractivity contribution is -0.387. The van der Waals surface area contributed by atoms with E-state index in [1.54, 1.807) is 6.92 Å². The third-order valence-corrected chi connectivity index (χ3v) is 9.16. The Morgan fingerprint density at radius 3 is 1.26 bits per heavy atom. The summed E-state index contributed by atoms with van der Waals surface area (Å²) >= 11 is 0. The zero-order valence-corrected chi connectivity index (χ0v) is 29.3. The van der Waals surface area contributed by atoms with Crippen LogP contribution in [0.25, 0.3) is 0 Å². The van der Waals surface area contributed by atoms with Crippen molar-refractivity contribution in [2.75, 3.05) is 26.4 Å². The Morgan fingerprint density at radius 1 is 0.595 bits per heavy atom. The van der Waals surface area contributed by atoms with Crippen LogP contribution in [0.1, 0.15) is 169 Å². The summed E-state index contributed by atoms with van der Waals surface area (Å²) in [5.41, 5.74) is -0.169. The molecule has 42 heavy (non-hydrogen) atoms. The Balaban J connectivity index is 5.80. The zero-order valence-electron chi connectivity index (χ0n) is 28.4. The highest BCUT2D eigenvalue weighted by atomic mass is 31.1. The maximum Gasteiger partial charge on any atom is 0.451 e. The summed E-state index contributed by atoms with van der Waals surface area (Å²) < 4.78 is 39.1. The molecule has 0 aliphatic carbocycles. The van der Waals surface area contributed by atoms with Crippen molar-refractivity contribution in [2.24, 2.45) is 0 Å². The SMILES string of the molecule is C=C(C)C(=O)[P+](=O)C(CC(OCCCCCCC)(OCCCCCCC)OCCCCCCC)OCCCCCCC. The highest BCUT2D eigenvalue weighted by molar-refractivity contribution is 7.65. The van der Waals surface area contributed by atoms with E-state index in [0.29, 0.717) is 26.4 Å². The fourth-order valence-corrected chi connectivity index (χ4v) is 6.04. The van der Waals surface area contributed by atoms with E-state index in [0.717, 1.165) is 57.8 Å². The number of hydrogen-bond acceptors (Lipinski definition) is 6. The van der Waals surface area contributed by atoms with Gasteiger partial charge in [0.15, 0.2) is 0 Å². The molecule has 7 heteroatoms. The Kier molecular flexibility index (Phi) is 28.6. The summed E-state index contributed by atoms with van der Waals surface area (Å²) in [5.74, 6) is -2.23. The smallest absolute Gasteiger partial charge is 0.334 e. The predicted molar refractivity (Wildman–Crippen MR) is 177 cm³/mol. The molecule has 6 nitrogen and oxygen atoms in total. The van der Waals surface area contributed by atoms with Crippen LogP contribution in [-0.4, -0.2) is 43.8 Å². The Bertz CT molecular complexity index is 627. The Hall–Kier alpha value is -0.650. The first-order valence-corrected chi connectivity index (χ1v) is 18.9. The number of unbranched alkanes of at least 4 members (excludes halogenated alkanes) is 16. The van der Waals surface area contributed by atoms with Crippen molar-refractivity contribution in [2.45, 2.75) is 181 Å². The van der Waals surface area contributed by atoms with Crippen molar-refractivity contribution in [1.82, 2.24) is 0 Å². The number of rotatable bonds is 33. The number of ether oxygens (including phenoxy) is 4. The molecule has 0 saturated carbocycles. The van der Waals surface area contributed by atoms with Crippen molar-refractivity contribution < 1.29 is 28.3 Å². The molecule has 0 radical (unpaired) electrons. The van der Waals surface area contributed by atoms with E-state index in [2.05, 4.69) is 34.3 Å². The van der Waals surface area contributed by atoms with E-state index in [9.17, 15) is 9.36 Å². The van der Waals surface area contributed by atoms with E-state index in [1.165, 1.54) is 70.6 Å². The fraction of sp³-hybridized carbons (Fsp3) is 0.914. The first-order valence-electron chi connectivity index (χ1n) is 17.6. The first kappa shape index (κ1) is 41.4. The van der Waals surface area contributed by atoms with Crippen LogP contribution in [-0.2, 0) is 28.3 Å². The number of carbonyl (C=O) groups is 1. The lowest BCUT2D eigenvalue weighted by Gasteiger charge is -2.34. The molecule has 248 valence electrons. The minimum atomic E-state index is -2.37. The van der Waals surface area contributed by atoms with E-state index in [-0.39, 0.29) is 12.0 Å². The van der Waals surface area contributed by atoms with Crippen molar-refractivity contribution in [3.8, 4) is 0 Å². The van der Waals surface area contributed by atoms with Gasteiger partial charge in [0.1, 0.15) is 6.42 Å². The van der Waals surface area contributed by atoms with Gasteiger partial charge < -0.3 is 18.9 Å². The summed E-state index contributed by atoms with van der Waals surface area (Å²) in [5, 5.41) is 0. The highest BCUT2D eigenvalue weighted by Gasteiger charge is 2.48. The van der Waals surface area contributed by atoms with Gasteiger partial charge in [-0.2, -0.15) is 0 Å². The summed E-state index contributed by atoms with van der Waals surface area (Å²) in [6, 6.07) is 0. The molecule has 0 aliphatic rings. The standard InChI is InChI=1S/C35H68O6P/c1-7-11-15-19-23-27-38-33(42(37)34(36)32(5)6)31-35(39-28-24-20-16-12-8-2,40-29-25-21-17-13-9-3)41-30-26-22-18-14-10-4/h33H,5,7-31H2,1-4,6H3/q+1. The second-order valence-corrected chi connectivity index (χ2v) is 13.5. The van der Waals surface area contributed by atoms with Gasteiger partial charge in [-0.05, 0) is 32.6 Å². The molecule has 0 fully saturated rings. The fourth-order valence-electron chi connectivity index (χ4n) is 4.77. The van der Waals surface area contributed by atoms with Crippen LogP contribution >= 0.6 is 7.80 Å². The van der Waals surface area contributed by atoms with E-state index in [4.69, 9.17) is 18.9 Å². The minimum absolute atomic E-state index is 0.106. The maximum atomic E-state index is 13.5. The Labute approximate surface area is 261 Å². The van der Waals surface area contributed by atoms with Gasteiger partial charge in [0.05, 0.1) is 26.4 Å². The summed E-state index contributed by atoms with van der Waals surface area (Å²) in [6.07, 6.45) is 22.2. The van der Waals surface area contributed by atoms with Crippen LogP contribution in [0.15, 0.2) is 12.2 Å². The molecule has 2 unspecified atom stereocenters. The summed E-state index contributed by atoms with van der Waals surface area (Å²) in [6.45, 7) is 16.1. The van der Waals surface area contributed by atoms with Gasteiger partial charge in [-0.3, -0.25) is 0 Å². The average Bonchev–Trinajstić information content (AvgIpc) is 2.98. The van der Waals surface area contributed by atoms with Gasteiger partial charge in [-0.15, -0.1) is 0 Å². The third kappa shape index (κ3) is 21.9. The van der Waals surface area contributed by atoms with E-state index in [1.807, 2.05) is 0 Å². The maximum absolute atomic E-state index is 13.5. The van der Waals surface area contributed by atoms with E-state index < -0.39 is 25.1 Å². The van der Waals surface area contributed by atoms with Crippen LogP contribution in [0.5, 0.6) is 0 Å². The van der Waals surface area contributed by atoms with Crippen LogP contribution in [0.3, 0.4) is 0 Å². The molecular formula is C35H68O6P+. The molecule has 2 atom stereocenters.